The summed E-state index contributed by atoms with van der Waals surface area (Å²) in [4.78, 5) is 6.52. The summed E-state index contributed by atoms with van der Waals surface area (Å²) in [7, 11) is 0. The lowest BCUT2D eigenvalue weighted by Gasteiger charge is -2.28. The molecular weight excluding hydrogens is 228 g/mol. The Morgan fingerprint density at radius 1 is 1.35 bits per heavy atom. The largest absolute Gasteiger partial charge is 0.306 e. The van der Waals surface area contributed by atoms with Crippen LogP contribution in [0.25, 0.3) is 0 Å². The molecule has 0 amide bonds. The maximum Gasteiger partial charge on any atom is 0.113 e. The van der Waals surface area contributed by atoms with Crippen molar-refractivity contribution in [3.05, 3.63) is 15.6 Å². The number of rotatable bonds is 4. The van der Waals surface area contributed by atoms with E-state index >= 15 is 0 Å². The van der Waals surface area contributed by atoms with Crippen molar-refractivity contribution in [2.75, 3.05) is 6.54 Å². The van der Waals surface area contributed by atoms with Crippen LogP contribution in [0.5, 0.6) is 0 Å². The van der Waals surface area contributed by atoms with Gasteiger partial charge in [-0.15, -0.1) is 11.3 Å². The molecule has 0 spiro atoms. The van der Waals surface area contributed by atoms with Crippen LogP contribution >= 0.6 is 11.3 Å². The van der Waals surface area contributed by atoms with E-state index in [-0.39, 0.29) is 5.54 Å². The Morgan fingerprint density at radius 2 is 2.12 bits per heavy atom. The highest BCUT2D eigenvalue weighted by Gasteiger charge is 2.44. The molecular formula is C14H22N2S. The molecule has 1 fully saturated rings. The highest BCUT2D eigenvalue weighted by molar-refractivity contribution is 7.11. The first-order chi connectivity index (χ1) is 8.24. The van der Waals surface area contributed by atoms with E-state index in [1.165, 1.54) is 49.2 Å². The van der Waals surface area contributed by atoms with Crippen molar-refractivity contribution in [3.63, 3.8) is 0 Å². The molecule has 1 saturated carbocycles. The van der Waals surface area contributed by atoms with Crippen LogP contribution in [-0.4, -0.2) is 11.5 Å². The topological polar surface area (TPSA) is 24.9 Å². The van der Waals surface area contributed by atoms with Crippen LogP contribution in [0, 0.1) is 5.92 Å². The van der Waals surface area contributed by atoms with Crippen molar-refractivity contribution in [2.45, 2.75) is 57.9 Å². The molecule has 17 heavy (non-hydrogen) atoms. The van der Waals surface area contributed by atoms with Gasteiger partial charge in [0.25, 0.3) is 0 Å². The number of thiazole rings is 1. The molecule has 2 nitrogen and oxygen atoms in total. The predicted molar refractivity (Wildman–Crippen MR) is 72.5 cm³/mol. The minimum atomic E-state index is 0.150. The first-order valence-corrected chi connectivity index (χ1v) is 7.79. The van der Waals surface area contributed by atoms with Crippen LogP contribution < -0.4 is 5.32 Å². The van der Waals surface area contributed by atoms with E-state index < -0.39 is 0 Å². The first-order valence-electron chi connectivity index (χ1n) is 6.98. The van der Waals surface area contributed by atoms with E-state index in [2.05, 4.69) is 19.2 Å². The van der Waals surface area contributed by atoms with Gasteiger partial charge in [0.05, 0.1) is 11.2 Å². The number of fused-ring (bicyclic) bond motifs is 1. The lowest BCUT2D eigenvalue weighted by Crippen LogP contribution is -2.41. The normalized spacial score (nSPS) is 23.2. The van der Waals surface area contributed by atoms with E-state index in [1.807, 2.05) is 11.3 Å². The molecule has 1 aromatic rings. The summed E-state index contributed by atoms with van der Waals surface area (Å²) in [6.07, 6.45) is 7.90. The average molecular weight is 250 g/mol. The van der Waals surface area contributed by atoms with Gasteiger partial charge in [-0.3, -0.25) is 0 Å². The molecule has 1 heterocycles. The number of nitrogens with one attached hydrogen (secondary N) is 1. The molecule has 1 aromatic heterocycles. The van der Waals surface area contributed by atoms with E-state index in [9.17, 15) is 0 Å². The lowest BCUT2D eigenvalue weighted by molar-refractivity contribution is 0.324. The third-order valence-corrected chi connectivity index (χ3v) is 5.62. The molecule has 1 unspecified atom stereocenters. The maximum absolute atomic E-state index is 4.96. The zero-order valence-corrected chi connectivity index (χ0v) is 11.7. The Bertz CT molecular complexity index is 385. The lowest BCUT2D eigenvalue weighted by atomic mass is 9.96. The minimum absolute atomic E-state index is 0.150. The summed E-state index contributed by atoms with van der Waals surface area (Å²) >= 11 is 1.98. The summed E-state index contributed by atoms with van der Waals surface area (Å²) in [6.45, 7) is 5.60. The number of nitrogens with zero attached hydrogens (tertiary/aromatic N) is 1. The number of aromatic nitrogens is 1. The monoisotopic (exact) mass is 250 g/mol. The summed E-state index contributed by atoms with van der Waals surface area (Å²) in [5, 5.41) is 5.05. The van der Waals surface area contributed by atoms with Gasteiger partial charge < -0.3 is 5.32 Å². The second-order valence-electron chi connectivity index (χ2n) is 5.60. The van der Waals surface area contributed by atoms with Crippen LogP contribution in [0.3, 0.4) is 0 Å². The van der Waals surface area contributed by atoms with Gasteiger partial charge >= 0.3 is 0 Å². The molecule has 0 saturated heterocycles. The Labute approximate surface area is 108 Å². The molecule has 94 valence electrons. The van der Waals surface area contributed by atoms with Gasteiger partial charge in [-0.25, -0.2) is 4.98 Å². The summed E-state index contributed by atoms with van der Waals surface area (Å²) in [6, 6.07) is 0. The Balaban J connectivity index is 1.92. The minimum Gasteiger partial charge on any atom is -0.306 e. The van der Waals surface area contributed by atoms with Gasteiger partial charge in [-0.05, 0) is 57.9 Å². The number of hydrogen-bond donors (Lipinski definition) is 1. The Morgan fingerprint density at radius 3 is 2.76 bits per heavy atom. The molecule has 1 N–H and O–H groups in total. The molecule has 2 aliphatic rings. The third-order valence-electron chi connectivity index (χ3n) is 4.23. The summed E-state index contributed by atoms with van der Waals surface area (Å²) < 4.78 is 0. The fraction of sp³-hybridized carbons (Fsp3) is 0.786. The SMILES string of the molecule is CCNC(C)(c1nc2c(s1)CCCC2)C1CC1. The number of hydrogen-bond acceptors (Lipinski definition) is 3. The van der Waals surface area contributed by atoms with Gasteiger partial charge in [-0.1, -0.05) is 6.92 Å². The van der Waals surface area contributed by atoms with Crippen LogP contribution in [0.4, 0.5) is 0 Å². The quantitative estimate of drug-likeness (QED) is 0.887. The van der Waals surface area contributed by atoms with Crippen molar-refractivity contribution in [1.82, 2.24) is 10.3 Å². The fourth-order valence-corrected chi connectivity index (χ4v) is 4.35. The highest BCUT2D eigenvalue weighted by atomic mass is 32.1. The Hall–Kier alpha value is -0.410. The zero-order valence-electron chi connectivity index (χ0n) is 10.9. The van der Waals surface area contributed by atoms with Crippen LogP contribution in [0.15, 0.2) is 0 Å². The van der Waals surface area contributed by atoms with Crippen molar-refractivity contribution in [2.24, 2.45) is 5.92 Å². The fourth-order valence-electron chi connectivity index (χ4n) is 3.00. The van der Waals surface area contributed by atoms with Crippen molar-refractivity contribution in [3.8, 4) is 0 Å². The summed E-state index contributed by atoms with van der Waals surface area (Å²) in [5.41, 5.74) is 1.55. The van der Waals surface area contributed by atoms with Gasteiger partial charge in [0.1, 0.15) is 5.01 Å². The summed E-state index contributed by atoms with van der Waals surface area (Å²) in [5.74, 6) is 0.815. The van der Waals surface area contributed by atoms with Gasteiger partial charge in [-0.2, -0.15) is 0 Å². The second kappa shape index (κ2) is 4.36. The van der Waals surface area contributed by atoms with Crippen LogP contribution in [-0.2, 0) is 18.4 Å². The van der Waals surface area contributed by atoms with Crippen molar-refractivity contribution in [1.29, 1.82) is 0 Å². The van der Waals surface area contributed by atoms with Crippen LogP contribution in [0.1, 0.15) is 55.1 Å². The number of aryl methyl sites for hydroxylation is 2. The van der Waals surface area contributed by atoms with E-state index in [0.717, 1.165) is 12.5 Å². The smallest absolute Gasteiger partial charge is 0.113 e. The van der Waals surface area contributed by atoms with Crippen LogP contribution in [0.2, 0.25) is 0 Å². The standard InChI is InChI=1S/C14H22N2S/c1-3-15-14(2,10-8-9-10)13-16-11-6-4-5-7-12(11)17-13/h10,15H,3-9H2,1-2H3. The highest BCUT2D eigenvalue weighted by Crippen LogP contribution is 2.47. The molecule has 1 atom stereocenters. The third kappa shape index (κ3) is 2.04. The van der Waals surface area contributed by atoms with Gasteiger partial charge in [0.15, 0.2) is 0 Å². The molecule has 2 aliphatic carbocycles. The van der Waals surface area contributed by atoms with Gasteiger partial charge in [0, 0.05) is 4.88 Å². The predicted octanol–water partition coefficient (Wildman–Crippen LogP) is 3.26. The Kier molecular flexibility index (Phi) is 2.99. The van der Waals surface area contributed by atoms with E-state index in [0.29, 0.717) is 0 Å². The molecule has 0 aromatic carbocycles. The molecule has 3 heteroatoms. The van der Waals surface area contributed by atoms with Crippen molar-refractivity contribution < 1.29 is 0 Å². The average Bonchev–Trinajstić information content (AvgIpc) is 3.08. The first kappa shape index (κ1) is 11.7. The van der Waals surface area contributed by atoms with E-state index in [1.54, 1.807) is 4.88 Å². The molecule has 0 radical (unpaired) electrons. The maximum atomic E-state index is 4.96. The van der Waals surface area contributed by atoms with Crippen molar-refractivity contribution >= 4 is 11.3 Å². The molecule has 0 bridgehead atoms. The second-order valence-corrected chi connectivity index (χ2v) is 6.69. The molecule has 3 rings (SSSR count). The van der Waals surface area contributed by atoms with E-state index in [4.69, 9.17) is 4.98 Å². The molecule has 0 aliphatic heterocycles. The van der Waals surface area contributed by atoms with Gasteiger partial charge in [0.2, 0.25) is 0 Å². The zero-order chi connectivity index (χ0) is 11.9.